The maximum Gasteiger partial charge on any atom is 0.335 e. The SMILES string of the molecule is Cl.O=C(O)c1ccc2c(Nc3cc(Cl)ccc3O)ncnc2c1. The molecule has 0 fully saturated rings. The molecule has 3 N–H and O–H groups in total. The third kappa shape index (κ3) is 3.44. The second-order valence-corrected chi connectivity index (χ2v) is 4.98. The number of fused-ring (bicyclic) bond motifs is 1. The fourth-order valence-electron chi connectivity index (χ4n) is 2.03. The van der Waals surface area contributed by atoms with Crippen LogP contribution < -0.4 is 5.32 Å². The lowest BCUT2D eigenvalue weighted by Crippen LogP contribution is -1.99. The highest BCUT2D eigenvalue weighted by Crippen LogP contribution is 2.31. The Morgan fingerprint density at radius 2 is 1.91 bits per heavy atom. The van der Waals surface area contributed by atoms with E-state index in [1.807, 2.05) is 0 Å². The second kappa shape index (κ2) is 6.68. The number of carbonyl (C=O) groups is 1. The number of hydrogen-bond acceptors (Lipinski definition) is 5. The lowest BCUT2D eigenvalue weighted by atomic mass is 10.1. The third-order valence-electron chi connectivity index (χ3n) is 3.10. The van der Waals surface area contributed by atoms with Gasteiger partial charge >= 0.3 is 5.97 Å². The topological polar surface area (TPSA) is 95.3 Å². The Hall–Kier alpha value is -2.57. The number of hydrogen-bond donors (Lipinski definition) is 3. The minimum Gasteiger partial charge on any atom is -0.506 e. The number of nitrogens with zero attached hydrogens (tertiary/aromatic N) is 2. The first-order valence-electron chi connectivity index (χ1n) is 6.28. The second-order valence-electron chi connectivity index (χ2n) is 4.55. The molecule has 1 heterocycles. The van der Waals surface area contributed by atoms with Crippen LogP contribution in [0.4, 0.5) is 11.5 Å². The van der Waals surface area contributed by atoms with E-state index in [1.165, 1.54) is 24.5 Å². The Morgan fingerprint density at radius 1 is 1.13 bits per heavy atom. The van der Waals surface area contributed by atoms with Crippen molar-refractivity contribution in [1.29, 1.82) is 0 Å². The van der Waals surface area contributed by atoms with Crippen molar-refractivity contribution < 1.29 is 15.0 Å². The van der Waals surface area contributed by atoms with Gasteiger partial charge in [-0.25, -0.2) is 14.8 Å². The van der Waals surface area contributed by atoms with E-state index in [0.717, 1.165) is 0 Å². The number of benzene rings is 2. The van der Waals surface area contributed by atoms with Crippen LogP contribution in [-0.4, -0.2) is 26.2 Å². The van der Waals surface area contributed by atoms with Crippen molar-refractivity contribution >= 4 is 52.4 Å². The molecule has 118 valence electrons. The summed E-state index contributed by atoms with van der Waals surface area (Å²) in [5.74, 6) is -0.555. The monoisotopic (exact) mass is 351 g/mol. The third-order valence-corrected chi connectivity index (χ3v) is 3.33. The van der Waals surface area contributed by atoms with Crippen molar-refractivity contribution in [2.45, 2.75) is 0 Å². The number of phenols is 1. The van der Waals surface area contributed by atoms with Crippen molar-refractivity contribution in [1.82, 2.24) is 9.97 Å². The van der Waals surface area contributed by atoms with Gasteiger partial charge in [0.2, 0.25) is 0 Å². The first-order chi connectivity index (χ1) is 10.5. The molecule has 6 nitrogen and oxygen atoms in total. The predicted octanol–water partition coefficient (Wildman–Crippen LogP) is 3.85. The molecule has 0 aliphatic rings. The highest BCUT2D eigenvalue weighted by molar-refractivity contribution is 6.31. The summed E-state index contributed by atoms with van der Waals surface area (Å²) in [6.07, 6.45) is 1.32. The molecule has 0 saturated carbocycles. The number of carboxylic acid groups (broad SMARTS) is 1. The average molecular weight is 352 g/mol. The Kier molecular flexibility index (Phi) is 4.88. The standard InChI is InChI=1S/C15H10ClN3O3.ClH/c16-9-2-4-13(20)12(6-9)19-14-10-3-1-8(15(21)22)5-11(10)17-7-18-14;/h1-7,20H,(H,21,22)(H,17,18,19);1H. The van der Waals surface area contributed by atoms with Crippen molar-refractivity contribution in [3.63, 3.8) is 0 Å². The molecule has 0 spiro atoms. The number of aromatic nitrogens is 2. The van der Waals surface area contributed by atoms with Crippen molar-refractivity contribution in [3.8, 4) is 5.75 Å². The summed E-state index contributed by atoms with van der Waals surface area (Å²) in [7, 11) is 0. The van der Waals surface area contributed by atoms with E-state index in [1.54, 1.807) is 18.2 Å². The van der Waals surface area contributed by atoms with Crippen molar-refractivity contribution in [3.05, 3.63) is 53.3 Å². The molecule has 1 aromatic heterocycles. The number of phenolic OH excluding ortho intramolecular Hbond substituents is 1. The number of aromatic carboxylic acids is 1. The number of carboxylic acids is 1. The summed E-state index contributed by atoms with van der Waals surface area (Å²) in [4.78, 5) is 19.2. The molecular formula is C15H11Cl2N3O3. The lowest BCUT2D eigenvalue weighted by Gasteiger charge is -2.10. The summed E-state index contributed by atoms with van der Waals surface area (Å²) in [5, 5.41) is 22.9. The zero-order chi connectivity index (χ0) is 15.7. The Balaban J connectivity index is 0.00000192. The van der Waals surface area contributed by atoms with Crippen LogP contribution in [0.25, 0.3) is 10.9 Å². The van der Waals surface area contributed by atoms with Crippen LogP contribution in [0.2, 0.25) is 5.02 Å². The molecule has 0 atom stereocenters. The summed E-state index contributed by atoms with van der Waals surface area (Å²) in [5.41, 5.74) is 1.02. The number of aromatic hydroxyl groups is 1. The van der Waals surface area contributed by atoms with Gasteiger partial charge in [-0.3, -0.25) is 0 Å². The Morgan fingerprint density at radius 3 is 2.65 bits per heavy atom. The zero-order valence-electron chi connectivity index (χ0n) is 11.5. The molecule has 3 aromatic rings. The van der Waals surface area contributed by atoms with Gasteiger partial charge in [-0.1, -0.05) is 11.6 Å². The van der Waals surface area contributed by atoms with Gasteiger partial charge in [0, 0.05) is 10.4 Å². The summed E-state index contributed by atoms with van der Waals surface area (Å²) < 4.78 is 0. The van der Waals surface area contributed by atoms with Gasteiger partial charge in [0.25, 0.3) is 0 Å². The quantitative estimate of drug-likeness (QED) is 0.620. The van der Waals surface area contributed by atoms with Crippen LogP contribution in [0.1, 0.15) is 10.4 Å². The van der Waals surface area contributed by atoms with E-state index in [9.17, 15) is 9.90 Å². The minimum absolute atomic E-state index is 0. The predicted molar refractivity (Wildman–Crippen MR) is 90.1 cm³/mol. The molecule has 0 unspecified atom stereocenters. The normalized spacial score (nSPS) is 10.1. The zero-order valence-corrected chi connectivity index (χ0v) is 13.1. The molecule has 3 rings (SSSR count). The van der Waals surface area contributed by atoms with Crippen LogP contribution in [0.5, 0.6) is 5.75 Å². The number of rotatable bonds is 3. The number of halogens is 2. The van der Waals surface area contributed by atoms with E-state index in [4.69, 9.17) is 16.7 Å². The van der Waals surface area contributed by atoms with Gasteiger partial charge in [-0.05, 0) is 36.4 Å². The summed E-state index contributed by atoms with van der Waals surface area (Å²) in [6.45, 7) is 0. The number of nitrogens with one attached hydrogen (secondary N) is 1. The van der Waals surface area contributed by atoms with Crippen LogP contribution in [0, 0.1) is 0 Å². The molecule has 2 aromatic carbocycles. The van der Waals surface area contributed by atoms with E-state index < -0.39 is 5.97 Å². The fraction of sp³-hybridized carbons (Fsp3) is 0. The molecule has 0 bridgehead atoms. The largest absolute Gasteiger partial charge is 0.506 e. The lowest BCUT2D eigenvalue weighted by molar-refractivity contribution is 0.0697. The van der Waals surface area contributed by atoms with Crippen LogP contribution in [0.15, 0.2) is 42.7 Å². The van der Waals surface area contributed by atoms with E-state index in [-0.39, 0.29) is 23.7 Å². The highest BCUT2D eigenvalue weighted by atomic mass is 35.5. The van der Waals surface area contributed by atoms with E-state index in [2.05, 4.69) is 15.3 Å². The minimum atomic E-state index is -1.03. The van der Waals surface area contributed by atoms with Gasteiger partial charge in [0.15, 0.2) is 0 Å². The maximum atomic E-state index is 11.0. The molecule has 23 heavy (non-hydrogen) atoms. The smallest absolute Gasteiger partial charge is 0.335 e. The molecule has 0 saturated heterocycles. The Bertz CT molecular complexity index is 887. The first kappa shape index (κ1) is 16.8. The van der Waals surface area contributed by atoms with Crippen LogP contribution in [0.3, 0.4) is 0 Å². The molecule has 0 aliphatic carbocycles. The van der Waals surface area contributed by atoms with Gasteiger partial charge in [0.1, 0.15) is 17.9 Å². The van der Waals surface area contributed by atoms with E-state index in [0.29, 0.717) is 27.4 Å². The van der Waals surface area contributed by atoms with Gasteiger partial charge in [0.05, 0.1) is 16.8 Å². The summed E-state index contributed by atoms with van der Waals surface area (Å²) in [6, 6.07) is 9.15. The van der Waals surface area contributed by atoms with Gasteiger partial charge in [-0.15, -0.1) is 12.4 Å². The molecule has 0 radical (unpaired) electrons. The maximum absolute atomic E-state index is 11.0. The highest BCUT2D eigenvalue weighted by Gasteiger charge is 2.10. The molecule has 0 aliphatic heterocycles. The summed E-state index contributed by atoms with van der Waals surface area (Å²) >= 11 is 5.91. The van der Waals surface area contributed by atoms with E-state index >= 15 is 0 Å². The van der Waals surface area contributed by atoms with Gasteiger partial charge < -0.3 is 15.5 Å². The molecular weight excluding hydrogens is 341 g/mol. The first-order valence-corrected chi connectivity index (χ1v) is 6.66. The van der Waals surface area contributed by atoms with Crippen molar-refractivity contribution in [2.75, 3.05) is 5.32 Å². The van der Waals surface area contributed by atoms with Crippen LogP contribution >= 0.6 is 24.0 Å². The fourth-order valence-corrected chi connectivity index (χ4v) is 2.20. The molecule has 8 heteroatoms. The Labute approximate surface area is 142 Å². The molecule has 0 amide bonds. The van der Waals surface area contributed by atoms with Gasteiger partial charge in [-0.2, -0.15) is 0 Å². The average Bonchev–Trinajstić information content (AvgIpc) is 2.50. The van der Waals surface area contributed by atoms with Crippen molar-refractivity contribution in [2.24, 2.45) is 0 Å². The number of anilines is 2. The van der Waals surface area contributed by atoms with Crippen LogP contribution in [-0.2, 0) is 0 Å².